The van der Waals surface area contributed by atoms with Gasteiger partial charge in [-0.05, 0) is 61.3 Å². The van der Waals surface area contributed by atoms with Crippen molar-refractivity contribution in [2.24, 2.45) is 5.73 Å². The summed E-state index contributed by atoms with van der Waals surface area (Å²) in [7, 11) is 1.94. The van der Waals surface area contributed by atoms with Gasteiger partial charge < -0.3 is 10.6 Å². The summed E-state index contributed by atoms with van der Waals surface area (Å²) < 4.78 is 13.2. The molecule has 0 unspecified atom stereocenters. The zero-order valence-corrected chi connectivity index (χ0v) is 11.4. The molecule has 100 valence electrons. The summed E-state index contributed by atoms with van der Waals surface area (Å²) in [5, 5.41) is 0. The fraction of sp³-hybridized carbons (Fsp3) is 0.250. The molecule has 0 aromatic heterocycles. The highest BCUT2D eigenvalue weighted by Gasteiger charge is 2.06. The van der Waals surface area contributed by atoms with Crippen LogP contribution in [0.4, 0.5) is 15.8 Å². The lowest BCUT2D eigenvalue weighted by Gasteiger charge is -2.21. The van der Waals surface area contributed by atoms with Crippen LogP contribution >= 0.6 is 0 Å². The van der Waals surface area contributed by atoms with E-state index >= 15 is 0 Å². The first kappa shape index (κ1) is 13.6. The van der Waals surface area contributed by atoms with Crippen LogP contribution in [0.1, 0.15) is 11.1 Å². The molecule has 2 aromatic carbocycles. The normalized spacial score (nSPS) is 10.5. The standard InChI is InChI=1S/C16H19FN2/c1-12-10-16(7-6-13(12)8-9-18)19(2)15-5-3-4-14(17)11-15/h3-7,10-11H,8-9,18H2,1-2H3. The highest BCUT2D eigenvalue weighted by atomic mass is 19.1. The highest BCUT2D eigenvalue weighted by Crippen LogP contribution is 2.26. The van der Waals surface area contributed by atoms with Gasteiger partial charge in [0.15, 0.2) is 0 Å². The van der Waals surface area contributed by atoms with E-state index in [4.69, 9.17) is 5.73 Å². The smallest absolute Gasteiger partial charge is 0.125 e. The number of benzene rings is 2. The molecule has 2 N–H and O–H groups in total. The third-order valence-corrected chi connectivity index (χ3v) is 3.32. The van der Waals surface area contributed by atoms with E-state index in [2.05, 4.69) is 19.1 Å². The van der Waals surface area contributed by atoms with Gasteiger partial charge in [-0.15, -0.1) is 0 Å². The van der Waals surface area contributed by atoms with E-state index in [1.807, 2.05) is 24.1 Å². The Morgan fingerprint density at radius 1 is 1.11 bits per heavy atom. The molecule has 0 aliphatic rings. The molecule has 0 amide bonds. The van der Waals surface area contributed by atoms with Crippen LogP contribution in [0.3, 0.4) is 0 Å². The van der Waals surface area contributed by atoms with E-state index in [0.717, 1.165) is 17.8 Å². The van der Waals surface area contributed by atoms with Gasteiger partial charge in [0.2, 0.25) is 0 Å². The number of hydrogen-bond donors (Lipinski definition) is 1. The lowest BCUT2D eigenvalue weighted by molar-refractivity contribution is 0.628. The fourth-order valence-corrected chi connectivity index (χ4v) is 2.16. The van der Waals surface area contributed by atoms with Crippen molar-refractivity contribution >= 4 is 11.4 Å². The van der Waals surface area contributed by atoms with Gasteiger partial charge in [0, 0.05) is 18.4 Å². The highest BCUT2D eigenvalue weighted by molar-refractivity contribution is 5.63. The number of hydrogen-bond acceptors (Lipinski definition) is 2. The average Bonchev–Trinajstić information content (AvgIpc) is 2.40. The largest absolute Gasteiger partial charge is 0.345 e. The van der Waals surface area contributed by atoms with Crippen LogP contribution in [-0.4, -0.2) is 13.6 Å². The summed E-state index contributed by atoms with van der Waals surface area (Å²) in [5.41, 5.74) is 9.94. The minimum absolute atomic E-state index is 0.221. The minimum Gasteiger partial charge on any atom is -0.345 e. The zero-order chi connectivity index (χ0) is 13.8. The second-order valence-electron chi connectivity index (χ2n) is 4.69. The van der Waals surface area contributed by atoms with Gasteiger partial charge in [0.25, 0.3) is 0 Å². The number of nitrogens with two attached hydrogens (primary N) is 1. The van der Waals surface area contributed by atoms with Crippen molar-refractivity contribution in [3.05, 3.63) is 59.4 Å². The van der Waals surface area contributed by atoms with Gasteiger partial charge in [0.05, 0.1) is 0 Å². The monoisotopic (exact) mass is 258 g/mol. The SMILES string of the molecule is Cc1cc(N(C)c2cccc(F)c2)ccc1CCN. The van der Waals surface area contributed by atoms with Crippen molar-refractivity contribution in [3.8, 4) is 0 Å². The number of nitrogens with zero attached hydrogens (tertiary/aromatic N) is 1. The summed E-state index contributed by atoms with van der Waals surface area (Å²) in [4.78, 5) is 1.97. The first-order valence-electron chi connectivity index (χ1n) is 6.40. The first-order chi connectivity index (χ1) is 9.11. The van der Waals surface area contributed by atoms with E-state index in [1.54, 1.807) is 6.07 Å². The molecule has 0 heterocycles. The predicted molar refractivity (Wildman–Crippen MR) is 78.4 cm³/mol. The lowest BCUT2D eigenvalue weighted by Crippen LogP contribution is -2.10. The molecule has 0 aliphatic carbocycles. The van der Waals surface area contributed by atoms with Gasteiger partial charge in [-0.3, -0.25) is 0 Å². The Morgan fingerprint density at radius 2 is 1.84 bits per heavy atom. The third kappa shape index (κ3) is 3.12. The van der Waals surface area contributed by atoms with E-state index in [1.165, 1.54) is 23.3 Å². The number of anilines is 2. The fourth-order valence-electron chi connectivity index (χ4n) is 2.16. The van der Waals surface area contributed by atoms with E-state index < -0.39 is 0 Å². The summed E-state index contributed by atoms with van der Waals surface area (Å²) in [5.74, 6) is -0.221. The third-order valence-electron chi connectivity index (χ3n) is 3.32. The molecule has 0 saturated carbocycles. The minimum atomic E-state index is -0.221. The van der Waals surface area contributed by atoms with Gasteiger partial charge in [0.1, 0.15) is 5.82 Å². The Hall–Kier alpha value is -1.87. The molecule has 0 fully saturated rings. The molecule has 0 saturated heterocycles. The van der Waals surface area contributed by atoms with Crippen LogP contribution in [0.5, 0.6) is 0 Å². The van der Waals surface area contributed by atoms with Crippen LogP contribution in [-0.2, 0) is 6.42 Å². The van der Waals surface area contributed by atoms with Crippen LogP contribution in [0.15, 0.2) is 42.5 Å². The summed E-state index contributed by atoms with van der Waals surface area (Å²) in [6, 6.07) is 12.8. The van der Waals surface area contributed by atoms with Crippen molar-refractivity contribution in [2.45, 2.75) is 13.3 Å². The average molecular weight is 258 g/mol. The molecule has 0 radical (unpaired) electrons. The van der Waals surface area contributed by atoms with E-state index in [9.17, 15) is 4.39 Å². The molecule has 0 atom stereocenters. The van der Waals surface area contributed by atoms with Crippen LogP contribution in [0.2, 0.25) is 0 Å². The van der Waals surface area contributed by atoms with Crippen LogP contribution < -0.4 is 10.6 Å². The van der Waals surface area contributed by atoms with Crippen molar-refractivity contribution in [1.82, 2.24) is 0 Å². The molecule has 0 spiro atoms. The maximum absolute atomic E-state index is 13.2. The van der Waals surface area contributed by atoms with E-state index in [-0.39, 0.29) is 5.82 Å². The Balaban J connectivity index is 2.29. The number of rotatable bonds is 4. The Bertz CT molecular complexity index is 566. The van der Waals surface area contributed by atoms with Gasteiger partial charge in [-0.1, -0.05) is 12.1 Å². The van der Waals surface area contributed by atoms with Crippen LogP contribution in [0, 0.1) is 12.7 Å². The molecule has 19 heavy (non-hydrogen) atoms. The lowest BCUT2D eigenvalue weighted by atomic mass is 10.0. The Kier molecular flexibility index (Phi) is 4.17. The number of halogens is 1. The second-order valence-corrected chi connectivity index (χ2v) is 4.69. The quantitative estimate of drug-likeness (QED) is 0.910. The molecule has 2 aromatic rings. The maximum atomic E-state index is 13.2. The topological polar surface area (TPSA) is 29.3 Å². The van der Waals surface area contributed by atoms with Crippen molar-refractivity contribution < 1.29 is 4.39 Å². The number of aryl methyl sites for hydroxylation is 1. The molecule has 0 aliphatic heterocycles. The van der Waals surface area contributed by atoms with Gasteiger partial charge in [-0.25, -0.2) is 4.39 Å². The molecule has 0 bridgehead atoms. The summed E-state index contributed by atoms with van der Waals surface area (Å²) in [6.07, 6.45) is 0.885. The van der Waals surface area contributed by atoms with Crippen molar-refractivity contribution in [2.75, 3.05) is 18.5 Å². The van der Waals surface area contributed by atoms with Crippen molar-refractivity contribution in [3.63, 3.8) is 0 Å². The molecular formula is C16H19FN2. The van der Waals surface area contributed by atoms with Gasteiger partial charge in [-0.2, -0.15) is 0 Å². The molecule has 3 heteroatoms. The molecule has 2 rings (SSSR count). The first-order valence-corrected chi connectivity index (χ1v) is 6.40. The molecular weight excluding hydrogens is 239 g/mol. The maximum Gasteiger partial charge on any atom is 0.125 e. The summed E-state index contributed by atoms with van der Waals surface area (Å²) >= 11 is 0. The van der Waals surface area contributed by atoms with Crippen LogP contribution in [0.25, 0.3) is 0 Å². The Labute approximate surface area is 113 Å². The summed E-state index contributed by atoms with van der Waals surface area (Å²) in [6.45, 7) is 2.73. The molecule has 2 nitrogen and oxygen atoms in total. The zero-order valence-electron chi connectivity index (χ0n) is 11.4. The van der Waals surface area contributed by atoms with E-state index in [0.29, 0.717) is 6.54 Å². The van der Waals surface area contributed by atoms with Crippen molar-refractivity contribution in [1.29, 1.82) is 0 Å². The predicted octanol–water partition coefficient (Wildman–Crippen LogP) is 3.40. The van der Waals surface area contributed by atoms with Gasteiger partial charge >= 0.3 is 0 Å². The Morgan fingerprint density at radius 3 is 2.47 bits per heavy atom. The second kappa shape index (κ2) is 5.85.